The lowest BCUT2D eigenvalue weighted by molar-refractivity contribution is -0.142. The number of carbonyl (C=O) groups is 1. The Hall–Kier alpha value is -1.21. The lowest BCUT2D eigenvalue weighted by atomic mass is 9.89. The second kappa shape index (κ2) is 11.1. The van der Waals surface area contributed by atoms with Crippen molar-refractivity contribution < 1.29 is 31.1 Å². The molecule has 208 valence electrons. The molecule has 12 heteroatoms. The van der Waals surface area contributed by atoms with Crippen LogP contribution in [-0.4, -0.2) is 86.5 Å². The van der Waals surface area contributed by atoms with E-state index in [1.54, 1.807) is 7.11 Å². The minimum atomic E-state index is -4.62. The molecule has 4 rings (SSSR count). The summed E-state index contributed by atoms with van der Waals surface area (Å²) in [6, 6.07) is 2.90. The summed E-state index contributed by atoms with van der Waals surface area (Å²) >= 11 is 3.11. The van der Waals surface area contributed by atoms with E-state index >= 15 is 0 Å². The van der Waals surface area contributed by atoms with Gasteiger partial charge in [0.15, 0.2) is 0 Å². The van der Waals surface area contributed by atoms with Gasteiger partial charge in [-0.2, -0.15) is 17.5 Å². The van der Waals surface area contributed by atoms with Crippen LogP contribution in [-0.2, 0) is 25.7 Å². The molecule has 0 aromatic heterocycles. The summed E-state index contributed by atoms with van der Waals surface area (Å²) in [7, 11) is -2.34. The van der Waals surface area contributed by atoms with E-state index in [9.17, 15) is 26.4 Å². The zero-order valence-corrected chi connectivity index (χ0v) is 23.7. The molecule has 0 unspecified atom stereocenters. The third kappa shape index (κ3) is 6.34. The quantitative estimate of drug-likeness (QED) is 0.496. The number of sulfonamides is 1. The van der Waals surface area contributed by atoms with Gasteiger partial charge in [0.05, 0.1) is 16.1 Å². The predicted molar refractivity (Wildman–Crippen MR) is 136 cm³/mol. The van der Waals surface area contributed by atoms with Crippen LogP contribution in [0.15, 0.2) is 27.6 Å². The van der Waals surface area contributed by atoms with Crippen LogP contribution < -0.4 is 0 Å². The molecule has 37 heavy (non-hydrogen) atoms. The Morgan fingerprint density at radius 3 is 2.16 bits per heavy atom. The first-order valence-electron chi connectivity index (χ1n) is 12.8. The highest BCUT2D eigenvalue weighted by Gasteiger charge is 2.39. The molecule has 0 bridgehead atoms. The molecule has 1 aromatic carbocycles. The Labute approximate surface area is 225 Å². The van der Waals surface area contributed by atoms with E-state index in [2.05, 4.69) is 27.8 Å². The maximum absolute atomic E-state index is 13.2. The van der Waals surface area contributed by atoms with Crippen molar-refractivity contribution in [3.8, 4) is 0 Å². The Balaban J connectivity index is 1.29. The standard InChI is InChI=1S/C25H35BrF3N3O4S/c1-24(36-2)9-15-31(16-10-24)23(33)18-5-11-30(12-6-18)20-7-13-32(14-8-20)37(34,35)22-17-19(25(27,28)29)3-4-21(22)26/h3-4,17-18,20H,5-16H2,1-2H3. The number of nitrogens with zero attached hydrogens (tertiary/aromatic N) is 3. The minimum absolute atomic E-state index is 0.0156. The highest BCUT2D eigenvalue weighted by atomic mass is 79.9. The van der Waals surface area contributed by atoms with Crippen LogP contribution in [0.4, 0.5) is 13.2 Å². The SMILES string of the molecule is COC1(C)CCN(C(=O)C2CCN(C3CCN(S(=O)(=O)c4cc(C(F)(F)F)ccc4Br)CC3)CC2)CC1. The van der Waals surface area contributed by atoms with E-state index in [1.807, 2.05) is 4.90 Å². The third-order valence-electron chi connectivity index (χ3n) is 8.32. The molecule has 3 fully saturated rings. The van der Waals surface area contributed by atoms with Crippen LogP contribution in [0.2, 0.25) is 0 Å². The molecule has 1 aromatic rings. The van der Waals surface area contributed by atoms with Crippen molar-refractivity contribution in [3.63, 3.8) is 0 Å². The summed E-state index contributed by atoms with van der Waals surface area (Å²) in [6.45, 7) is 5.60. The van der Waals surface area contributed by atoms with Crippen LogP contribution in [0.25, 0.3) is 0 Å². The van der Waals surface area contributed by atoms with Gasteiger partial charge in [-0.1, -0.05) is 0 Å². The zero-order chi connectivity index (χ0) is 27.0. The average molecular weight is 611 g/mol. The van der Waals surface area contributed by atoms with Gasteiger partial charge in [-0.15, -0.1) is 0 Å². The number of hydrogen-bond acceptors (Lipinski definition) is 5. The molecule has 3 saturated heterocycles. The normalized spacial score (nSPS) is 23.4. The number of rotatable bonds is 5. The van der Waals surface area contributed by atoms with Gasteiger partial charge in [-0.05, 0) is 92.7 Å². The third-order valence-corrected chi connectivity index (χ3v) is 11.2. The summed E-state index contributed by atoms with van der Waals surface area (Å²) in [5.74, 6) is 0.243. The fourth-order valence-corrected chi connectivity index (χ4v) is 8.06. The number of carbonyl (C=O) groups excluding carboxylic acids is 1. The molecule has 0 aliphatic carbocycles. The highest BCUT2D eigenvalue weighted by molar-refractivity contribution is 9.10. The number of benzene rings is 1. The molecule has 0 radical (unpaired) electrons. The van der Waals surface area contributed by atoms with E-state index in [-0.39, 0.29) is 45.9 Å². The van der Waals surface area contributed by atoms with Crippen molar-refractivity contribution in [2.24, 2.45) is 5.92 Å². The number of ether oxygens (including phenoxy) is 1. The van der Waals surface area contributed by atoms with Crippen molar-refractivity contribution >= 4 is 31.9 Å². The summed E-state index contributed by atoms with van der Waals surface area (Å²) in [5, 5.41) is 0. The largest absolute Gasteiger partial charge is 0.416 e. The zero-order valence-electron chi connectivity index (χ0n) is 21.3. The molecular formula is C25H35BrF3N3O4S. The molecule has 0 spiro atoms. The molecular weight excluding hydrogens is 575 g/mol. The second-order valence-corrected chi connectivity index (χ2v) is 13.3. The van der Waals surface area contributed by atoms with Gasteiger partial charge in [0, 0.05) is 49.7 Å². The molecule has 1 amide bonds. The Bertz CT molecular complexity index is 1080. The predicted octanol–water partition coefficient (Wildman–Crippen LogP) is 4.36. The highest BCUT2D eigenvalue weighted by Crippen LogP contribution is 2.36. The maximum Gasteiger partial charge on any atom is 0.416 e. The summed E-state index contributed by atoms with van der Waals surface area (Å²) in [5.41, 5.74) is -1.14. The van der Waals surface area contributed by atoms with Crippen LogP contribution in [0.5, 0.6) is 0 Å². The topological polar surface area (TPSA) is 70.2 Å². The fourth-order valence-electron chi connectivity index (χ4n) is 5.64. The van der Waals surface area contributed by atoms with Gasteiger partial charge in [0.2, 0.25) is 15.9 Å². The lowest BCUT2D eigenvalue weighted by Crippen LogP contribution is -2.52. The molecule has 7 nitrogen and oxygen atoms in total. The Kier molecular flexibility index (Phi) is 8.65. The number of amides is 1. The fraction of sp³-hybridized carbons (Fsp3) is 0.720. The molecule has 0 atom stereocenters. The first kappa shape index (κ1) is 28.8. The van der Waals surface area contributed by atoms with E-state index in [0.717, 1.165) is 64.0 Å². The van der Waals surface area contributed by atoms with Crippen molar-refractivity contribution in [1.82, 2.24) is 14.1 Å². The molecule has 3 aliphatic heterocycles. The van der Waals surface area contributed by atoms with E-state index < -0.39 is 21.8 Å². The summed E-state index contributed by atoms with van der Waals surface area (Å²) in [4.78, 5) is 17.0. The van der Waals surface area contributed by atoms with Gasteiger partial charge in [-0.3, -0.25) is 4.79 Å². The lowest BCUT2D eigenvalue weighted by Gasteiger charge is -2.43. The monoisotopic (exact) mass is 609 g/mol. The molecule has 3 aliphatic rings. The molecule has 0 saturated carbocycles. The second-order valence-electron chi connectivity index (χ2n) is 10.6. The Morgan fingerprint density at radius 2 is 1.62 bits per heavy atom. The Morgan fingerprint density at radius 1 is 1.03 bits per heavy atom. The first-order valence-corrected chi connectivity index (χ1v) is 15.0. The van der Waals surface area contributed by atoms with Crippen molar-refractivity contribution in [2.45, 2.75) is 68.2 Å². The van der Waals surface area contributed by atoms with E-state index in [0.29, 0.717) is 18.9 Å². The van der Waals surface area contributed by atoms with Crippen LogP contribution in [0.1, 0.15) is 51.0 Å². The van der Waals surface area contributed by atoms with E-state index in [1.165, 1.54) is 4.31 Å². The van der Waals surface area contributed by atoms with E-state index in [4.69, 9.17) is 4.74 Å². The summed E-state index contributed by atoms with van der Waals surface area (Å²) < 4.78 is 72.8. The average Bonchev–Trinajstić information content (AvgIpc) is 2.88. The van der Waals surface area contributed by atoms with Crippen LogP contribution >= 0.6 is 15.9 Å². The van der Waals surface area contributed by atoms with Crippen LogP contribution in [0, 0.1) is 5.92 Å². The van der Waals surface area contributed by atoms with Gasteiger partial charge >= 0.3 is 6.18 Å². The first-order chi connectivity index (χ1) is 17.3. The smallest absolute Gasteiger partial charge is 0.378 e. The van der Waals surface area contributed by atoms with Gasteiger partial charge < -0.3 is 14.5 Å². The number of likely N-dealkylation sites (tertiary alicyclic amines) is 2. The van der Waals surface area contributed by atoms with Gasteiger partial charge in [0.25, 0.3) is 0 Å². The van der Waals surface area contributed by atoms with Crippen molar-refractivity contribution in [1.29, 1.82) is 0 Å². The molecule has 0 N–H and O–H groups in total. The number of methoxy groups -OCH3 is 1. The number of halogens is 4. The van der Waals surface area contributed by atoms with Gasteiger partial charge in [0.1, 0.15) is 0 Å². The number of hydrogen-bond donors (Lipinski definition) is 0. The molecule has 3 heterocycles. The number of piperidine rings is 3. The minimum Gasteiger partial charge on any atom is -0.378 e. The van der Waals surface area contributed by atoms with Crippen molar-refractivity contribution in [2.75, 3.05) is 46.4 Å². The summed E-state index contributed by atoms with van der Waals surface area (Å²) in [6.07, 6.45) is -0.158. The van der Waals surface area contributed by atoms with Gasteiger partial charge in [-0.25, -0.2) is 8.42 Å². The van der Waals surface area contributed by atoms with Crippen LogP contribution in [0.3, 0.4) is 0 Å². The maximum atomic E-state index is 13.2. The van der Waals surface area contributed by atoms with Crippen molar-refractivity contribution in [3.05, 3.63) is 28.2 Å². The number of alkyl halides is 3.